The number of nitrogens with zero attached hydrogens (tertiary/aromatic N) is 3. The number of nitrogens with one attached hydrogen (secondary N) is 1. The SMILES string of the molecule is O=C(CN1CCC(Oc2nccnc2OCc2ccc(Cl)c(Cl)c2)CC1)Nc1ccccc1. The number of carbonyl (C=O) groups is 1. The van der Waals surface area contributed by atoms with Gasteiger partial charge in [-0.05, 0) is 42.7 Å². The van der Waals surface area contributed by atoms with Gasteiger partial charge in [0.2, 0.25) is 5.91 Å². The minimum Gasteiger partial charge on any atom is -0.470 e. The molecule has 3 aromatic rings. The molecular weight excluding hydrogens is 463 g/mol. The quantitative estimate of drug-likeness (QED) is 0.490. The highest BCUT2D eigenvalue weighted by Crippen LogP contribution is 2.27. The molecule has 0 unspecified atom stereocenters. The van der Waals surface area contributed by atoms with Crippen molar-refractivity contribution in [1.29, 1.82) is 0 Å². The van der Waals surface area contributed by atoms with Crippen molar-refractivity contribution in [2.45, 2.75) is 25.6 Å². The Morgan fingerprint density at radius 3 is 2.45 bits per heavy atom. The molecule has 7 nitrogen and oxygen atoms in total. The van der Waals surface area contributed by atoms with E-state index in [1.54, 1.807) is 24.5 Å². The van der Waals surface area contributed by atoms with Crippen molar-refractivity contribution in [2.24, 2.45) is 0 Å². The van der Waals surface area contributed by atoms with E-state index >= 15 is 0 Å². The van der Waals surface area contributed by atoms with Crippen LogP contribution in [0.5, 0.6) is 11.8 Å². The Balaban J connectivity index is 1.26. The Hall–Kier alpha value is -2.87. The molecule has 1 fully saturated rings. The summed E-state index contributed by atoms with van der Waals surface area (Å²) in [5, 5.41) is 3.88. The fraction of sp³-hybridized carbons (Fsp3) is 0.292. The molecule has 1 aliphatic rings. The molecule has 0 atom stereocenters. The molecule has 1 saturated heterocycles. The Bertz CT molecular complexity index is 1080. The van der Waals surface area contributed by atoms with Crippen molar-refractivity contribution < 1.29 is 14.3 Å². The zero-order valence-corrected chi connectivity index (χ0v) is 19.4. The van der Waals surface area contributed by atoms with Crippen molar-refractivity contribution >= 4 is 34.8 Å². The molecule has 1 N–H and O–H groups in total. The lowest BCUT2D eigenvalue weighted by Gasteiger charge is -2.31. The number of amides is 1. The zero-order valence-electron chi connectivity index (χ0n) is 17.9. The molecule has 1 aromatic heterocycles. The number of para-hydroxylation sites is 1. The molecule has 0 bridgehead atoms. The van der Waals surface area contributed by atoms with Crippen LogP contribution in [-0.2, 0) is 11.4 Å². The van der Waals surface area contributed by atoms with Crippen LogP contribution in [-0.4, -0.2) is 46.5 Å². The molecular formula is C24H24Cl2N4O3. The van der Waals surface area contributed by atoms with Crippen molar-refractivity contribution in [3.8, 4) is 11.8 Å². The van der Waals surface area contributed by atoms with Crippen LogP contribution in [0.3, 0.4) is 0 Å². The minimum absolute atomic E-state index is 0.0208. The number of hydrogen-bond acceptors (Lipinski definition) is 6. The fourth-order valence-electron chi connectivity index (χ4n) is 3.54. The van der Waals surface area contributed by atoms with E-state index in [1.807, 2.05) is 36.4 Å². The van der Waals surface area contributed by atoms with Gasteiger partial charge in [-0.1, -0.05) is 47.5 Å². The number of carbonyl (C=O) groups excluding carboxylic acids is 1. The number of hydrogen-bond donors (Lipinski definition) is 1. The van der Waals surface area contributed by atoms with Crippen molar-refractivity contribution in [3.63, 3.8) is 0 Å². The average molecular weight is 487 g/mol. The van der Waals surface area contributed by atoms with Gasteiger partial charge in [0.1, 0.15) is 12.7 Å². The molecule has 9 heteroatoms. The van der Waals surface area contributed by atoms with E-state index < -0.39 is 0 Å². The van der Waals surface area contributed by atoms with E-state index in [2.05, 4.69) is 20.2 Å². The predicted molar refractivity (Wildman–Crippen MR) is 128 cm³/mol. The summed E-state index contributed by atoms with van der Waals surface area (Å²) in [6, 6.07) is 14.8. The number of halogens is 2. The van der Waals surface area contributed by atoms with Gasteiger partial charge in [0.05, 0.1) is 16.6 Å². The van der Waals surface area contributed by atoms with Crippen LogP contribution >= 0.6 is 23.2 Å². The van der Waals surface area contributed by atoms with E-state index in [4.69, 9.17) is 32.7 Å². The Labute approximate surface area is 202 Å². The summed E-state index contributed by atoms with van der Waals surface area (Å²) in [6.07, 6.45) is 4.67. The van der Waals surface area contributed by atoms with Crippen LogP contribution in [0.2, 0.25) is 10.0 Å². The van der Waals surface area contributed by atoms with E-state index in [0.29, 0.717) is 28.3 Å². The van der Waals surface area contributed by atoms with Crippen LogP contribution in [0.4, 0.5) is 5.69 Å². The van der Waals surface area contributed by atoms with Crippen LogP contribution in [0.1, 0.15) is 18.4 Å². The molecule has 172 valence electrons. The molecule has 1 aliphatic heterocycles. The van der Waals surface area contributed by atoms with Gasteiger partial charge in [-0.15, -0.1) is 0 Å². The van der Waals surface area contributed by atoms with Gasteiger partial charge in [-0.3, -0.25) is 9.69 Å². The van der Waals surface area contributed by atoms with Gasteiger partial charge in [0.15, 0.2) is 0 Å². The summed E-state index contributed by atoms with van der Waals surface area (Å²) in [6.45, 7) is 2.13. The summed E-state index contributed by atoms with van der Waals surface area (Å²) in [5.74, 6) is 0.665. The largest absolute Gasteiger partial charge is 0.470 e. The third-order valence-electron chi connectivity index (χ3n) is 5.23. The first kappa shape index (κ1) is 23.3. The standard InChI is InChI=1S/C24H24Cl2N4O3/c25-20-7-6-17(14-21(20)26)16-32-23-24(28-11-10-27-23)33-19-8-12-30(13-9-19)15-22(31)29-18-4-2-1-3-5-18/h1-7,10-11,14,19H,8-9,12-13,15-16H2,(H,29,31). The van der Waals surface area contributed by atoms with Crippen LogP contribution < -0.4 is 14.8 Å². The molecule has 2 aromatic carbocycles. The van der Waals surface area contributed by atoms with E-state index in [1.165, 1.54) is 0 Å². The van der Waals surface area contributed by atoms with E-state index in [9.17, 15) is 4.79 Å². The molecule has 0 radical (unpaired) electrons. The summed E-state index contributed by atoms with van der Waals surface area (Å²) in [7, 11) is 0. The number of ether oxygens (including phenoxy) is 2. The number of piperidine rings is 1. The summed E-state index contributed by atoms with van der Waals surface area (Å²) in [5.41, 5.74) is 1.67. The zero-order chi connectivity index (χ0) is 23.0. The molecule has 0 aliphatic carbocycles. The van der Waals surface area contributed by atoms with Crippen molar-refractivity contribution in [1.82, 2.24) is 14.9 Å². The third-order valence-corrected chi connectivity index (χ3v) is 5.97. The van der Waals surface area contributed by atoms with Crippen LogP contribution in [0.15, 0.2) is 60.9 Å². The molecule has 0 spiro atoms. The van der Waals surface area contributed by atoms with E-state index in [-0.39, 0.29) is 18.6 Å². The molecule has 33 heavy (non-hydrogen) atoms. The monoisotopic (exact) mass is 486 g/mol. The highest BCUT2D eigenvalue weighted by molar-refractivity contribution is 6.42. The first-order chi connectivity index (χ1) is 16.1. The highest BCUT2D eigenvalue weighted by atomic mass is 35.5. The van der Waals surface area contributed by atoms with E-state index in [0.717, 1.165) is 37.2 Å². The maximum atomic E-state index is 12.3. The van der Waals surface area contributed by atoms with Gasteiger partial charge in [-0.25, -0.2) is 9.97 Å². The molecule has 2 heterocycles. The predicted octanol–water partition coefficient (Wildman–Crippen LogP) is 4.84. The lowest BCUT2D eigenvalue weighted by molar-refractivity contribution is -0.117. The lowest BCUT2D eigenvalue weighted by Crippen LogP contribution is -2.42. The molecule has 1 amide bonds. The Kier molecular flexibility index (Phi) is 7.99. The highest BCUT2D eigenvalue weighted by Gasteiger charge is 2.24. The second kappa shape index (κ2) is 11.3. The van der Waals surface area contributed by atoms with Crippen LogP contribution in [0, 0.1) is 0 Å². The normalized spacial score (nSPS) is 14.6. The average Bonchev–Trinajstić information content (AvgIpc) is 2.82. The minimum atomic E-state index is -0.0255. The maximum Gasteiger partial charge on any atom is 0.278 e. The van der Waals surface area contributed by atoms with Crippen molar-refractivity contribution in [2.75, 3.05) is 25.0 Å². The first-order valence-corrected chi connectivity index (χ1v) is 11.4. The first-order valence-electron chi connectivity index (χ1n) is 10.7. The molecule has 4 rings (SSSR count). The number of anilines is 1. The number of aromatic nitrogens is 2. The van der Waals surface area contributed by atoms with Gasteiger partial charge in [-0.2, -0.15) is 0 Å². The second-order valence-corrected chi connectivity index (χ2v) is 8.53. The van der Waals surface area contributed by atoms with Crippen LogP contribution in [0.25, 0.3) is 0 Å². The summed E-state index contributed by atoms with van der Waals surface area (Å²) < 4.78 is 11.9. The summed E-state index contributed by atoms with van der Waals surface area (Å²) >= 11 is 12.0. The van der Waals surface area contributed by atoms with Gasteiger partial charge in [0, 0.05) is 31.2 Å². The Morgan fingerprint density at radius 2 is 1.73 bits per heavy atom. The molecule has 0 saturated carbocycles. The smallest absolute Gasteiger partial charge is 0.278 e. The van der Waals surface area contributed by atoms with Gasteiger partial charge in [0.25, 0.3) is 11.8 Å². The third kappa shape index (κ3) is 6.81. The topological polar surface area (TPSA) is 76.6 Å². The van der Waals surface area contributed by atoms with Gasteiger partial charge >= 0.3 is 0 Å². The fourth-order valence-corrected chi connectivity index (χ4v) is 3.86. The number of benzene rings is 2. The lowest BCUT2D eigenvalue weighted by atomic mass is 10.1. The number of rotatable bonds is 8. The second-order valence-electron chi connectivity index (χ2n) is 7.71. The maximum absolute atomic E-state index is 12.3. The Morgan fingerprint density at radius 1 is 1.00 bits per heavy atom. The van der Waals surface area contributed by atoms with Crippen molar-refractivity contribution in [3.05, 3.63) is 76.5 Å². The van der Waals surface area contributed by atoms with Gasteiger partial charge < -0.3 is 14.8 Å². The number of likely N-dealkylation sites (tertiary alicyclic amines) is 1. The summed E-state index contributed by atoms with van der Waals surface area (Å²) in [4.78, 5) is 23.0.